The third-order valence-electron chi connectivity index (χ3n) is 4.05. The van der Waals surface area contributed by atoms with Gasteiger partial charge in [-0.1, -0.05) is 30.3 Å². The van der Waals surface area contributed by atoms with Gasteiger partial charge in [-0.05, 0) is 36.4 Å². The lowest BCUT2D eigenvalue weighted by molar-refractivity contribution is -0.116. The summed E-state index contributed by atoms with van der Waals surface area (Å²) in [6, 6.07) is 20.1. The second-order valence-corrected chi connectivity index (χ2v) is 6.05. The minimum absolute atomic E-state index is 0.139. The Morgan fingerprint density at radius 3 is 2.46 bits per heavy atom. The molecule has 1 heterocycles. The molecule has 2 aromatic carbocycles. The maximum Gasteiger partial charge on any atom is 0.252 e. The molecule has 6 heteroatoms. The van der Waals surface area contributed by atoms with Crippen LogP contribution in [0, 0.1) is 0 Å². The number of hydrogen-bond donors (Lipinski definition) is 1. The first kappa shape index (κ1) is 19.1. The van der Waals surface area contributed by atoms with Crippen LogP contribution in [-0.2, 0) is 4.79 Å². The summed E-state index contributed by atoms with van der Waals surface area (Å²) in [5, 5.41) is 2.81. The molecule has 0 atom stereocenters. The molecule has 0 radical (unpaired) electrons. The van der Waals surface area contributed by atoms with Crippen LogP contribution in [0.3, 0.4) is 0 Å². The molecule has 0 aliphatic heterocycles. The summed E-state index contributed by atoms with van der Waals surface area (Å²) in [6.45, 7) is 2.10. The van der Waals surface area contributed by atoms with Crippen LogP contribution in [0.2, 0.25) is 0 Å². The minimum atomic E-state index is -0.231. The SMILES string of the molecule is CC(=O)N(CCNC(=O)c1cccnc1)c1ccccc1Oc1ccccc1. The van der Waals surface area contributed by atoms with Crippen molar-refractivity contribution < 1.29 is 14.3 Å². The van der Waals surface area contributed by atoms with Crippen LogP contribution in [0.15, 0.2) is 79.1 Å². The zero-order valence-electron chi connectivity index (χ0n) is 15.5. The van der Waals surface area contributed by atoms with Crippen LogP contribution in [0.4, 0.5) is 5.69 Å². The van der Waals surface area contributed by atoms with Gasteiger partial charge >= 0.3 is 0 Å². The molecular weight excluding hydrogens is 354 g/mol. The van der Waals surface area contributed by atoms with Crippen molar-refractivity contribution in [3.8, 4) is 11.5 Å². The normalized spacial score (nSPS) is 10.2. The molecule has 0 aliphatic carbocycles. The second kappa shape index (κ2) is 9.32. The highest BCUT2D eigenvalue weighted by molar-refractivity contribution is 5.95. The number of benzene rings is 2. The molecule has 0 unspecified atom stereocenters. The van der Waals surface area contributed by atoms with Crippen LogP contribution in [0.25, 0.3) is 0 Å². The summed E-state index contributed by atoms with van der Waals surface area (Å²) in [4.78, 5) is 29.9. The maximum atomic E-state index is 12.2. The Bertz CT molecular complexity index is 930. The highest BCUT2D eigenvalue weighted by atomic mass is 16.5. The number of pyridine rings is 1. The average Bonchev–Trinajstić information content (AvgIpc) is 2.73. The molecule has 0 saturated heterocycles. The number of amides is 2. The van der Waals surface area contributed by atoms with Crippen LogP contribution in [0.5, 0.6) is 11.5 Å². The molecule has 0 spiro atoms. The van der Waals surface area contributed by atoms with Crippen molar-refractivity contribution in [2.24, 2.45) is 0 Å². The summed E-state index contributed by atoms with van der Waals surface area (Å²) in [5.74, 6) is 0.885. The second-order valence-electron chi connectivity index (χ2n) is 6.05. The zero-order chi connectivity index (χ0) is 19.8. The largest absolute Gasteiger partial charge is 0.455 e. The fourth-order valence-electron chi connectivity index (χ4n) is 2.71. The molecule has 0 fully saturated rings. The predicted octanol–water partition coefficient (Wildman–Crippen LogP) is 3.66. The van der Waals surface area contributed by atoms with E-state index in [0.29, 0.717) is 35.8 Å². The summed E-state index contributed by atoms with van der Waals surface area (Å²) < 4.78 is 5.95. The number of anilines is 1. The quantitative estimate of drug-likeness (QED) is 0.684. The Morgan fingerprint density at radius 2 is 1.75 bits per heavy atom. The van der Waals surface area contributed by atoms with Crippen molar-refractivity contribution in [1.82, 2.24) is 10.3 Å². The van der Waals surface area contributed by atoms with Crippen molar-refractivity contribution in [3.05, 3.63) is 84.7 Å². The summed E-state index contributed by atoms with van der Waals surface area (Å²) in [7, 11) is 0. The van der Waals surface area contributed by atoms with E-state index < -0.39 is 0 Å². The van der Waals surface area contributed by atoms with Gasteiger partial charge in [-0.25, -0.2) is 0 Å². The molecule has 28 heavy (non-hydrogen) atoms. The first-order valence-corrected chi connectivity index (χ1v) is 8.93. The number of carbonyl (C=O) groups is 2. The standard InChI is InChI=1S/C22H21N3O3/c1-17(26)25(15-14-24-22(27)18-8-7-13-23-16-18)20-11-5-6-12-21(20)28-19-9-3-2-4-10-19/h2-13,16H,14-15H2,1H3,(H,24,27). The van der Waals surface area contributed by atoms with Gasteiger partial charge in [-0.15, -0.1) is 0 Å². The van der Waals surface area contributed by atoms with Gasteiger partial charge in [0.05, 0.1) is 11.3 Å². The molecule has 3 aromatic rings. The lowest BCUT2D eigenvalue weighted by Crippen LogP contribution is -2.37. The number of aromatic nitrogens is 1. The highest BCUT2D eigenvalue weighted by Crippen LogP contribution is 2.32. The Labute approximate surface area is 163 Å². The van der Waals surface area contributed by atoms with Gasteiger partial charge in [0.1, 0.15) is 5.75 Å². The fourth-order valence-corrected chi connectivity index (χ4v) is 2.71. The Balaban J connectivity index is 1.70. The Hall–Kier alpha value is -3.67. The van der Waals surface area contributed by atoms with Gasteiger partial charge in [0.2, 0.25) is 5.91 Å². The summed E-state index contributed by atoms with van der Waals surface area (Å²) >= 11 is 0. The summed E-state index contributed by atoms with van der Waals surface area (Å²) in [5.41, 5.74) is 1.12. The lowest BCUT2D eigenvalue weighted by atomic mass is 10.2. The number of nitrogens with one attached hydrogen (secondary N) is 1. The van der Waals surface area contributed by atoms with E-state index in [-0.39, 0.29) is 11.8 Å². The molecule has 142 valence electrons. The molecule has 0 aliphatic rings. The molecule has 6 nitrogen and oxygen atoms in total. The van der Waals surface area contributed by atoms with Crippen molar-refractivity contribution >= 4 is 17.5 Å². The number of ether oxygens (including phenoxy) is 1. The molecule has 0 bridgehead atoms. The van der Waals surface area contributed by atoms with Gasteiger partial charge in [0.15, 0.2) is 5.75 Å². The third-order valence-corrected chi connectivity index (χ3v) is 4.05. The maximum absolute atomic E-state index is 12.2. The van der Waals surface area contributed by atoms with Crippen molar-refractivity contribution in [2.75, 3.05) is 18.0 Å². The monoisotopic (exact) mass is 375 g/mol. The van der Waals surface area contributed by atoms with Gasteiger partial charge < -0.3 is 15.0 Å². The van der Waals surface area contributed by atoms with E-state index in [1.807, 2.05) is 54.6 Å². The molecule has 0 saturated carbocycles. The van der Waals surface area contributed by atoms with Gasteiger partial charge in [0, 0.05) is 32.4 Å². The topological polar surface area (TPSA) is 71.5 Å². The third kappa shape index (κ3) is 4.94. The van der Waals surface area contributed by atoms with E-state index >= 15 is 0 Å². The van der Waals surface area contributed by atoms with Crippen LogP contribution in [-0.4, -0.2) is 29.9 Å². The first-order chi connectivity index (χ1) is 13.6. The van der Waals surface area contributed by atoms with Gasteiger partial charge in [0.25, 0.3) is 5.91 Å². The zero-order valence-corrected chi connectivity index (χ0v) is 15.5. The van der Waals surface area contributed by atoms with Gasteiger partial charge in [-0.2, -0.15) is 0 Å². The number of carbonyl (C=O) groups excluding carboxylic acids is 2. The Kier molecular flexibility index (Phi) is 6.36. The van der Waals surface area contributed by atoms with Crippen LogP contribution >= 0.6 is 0 Å². The van der Waals surface area contributed by atoms with Crippen LogP contribution < -0.4 is 15.0 Å². The lowest BCUT2D eigenvalue weighted by Gasteiger charge is -2.24. The van der Waals surface area contributed by atoms with Crippen molar-refractivity contribution in [3.63, 3.8) is 0 Å². The fraction of sp³-hybridized carbons (Fsp3) is 0.136. The first-order valence-electron chi connectivity index (χ1n) is 8.93. The average molecular weight is 375 g/mol. The summed E-state index contributed by atoms with van der Waals surface area (Å²) in [6.07, 6.45) is 3.11. The number of hydrogen-bond acceptors (Lipinski definition) is 4. The molecular formula is C22H21N3O3. The van der Waals surface area contributed by atoms with E-state index in [1.165, 1.54) is 13.1 Å². The number of rotatable bonds is 7. The highest BCUT2D eigenvalue weighted by Gasteiger charge is 2.17. The predicted molar refractivity (Wildman–Crippen MR) is 108 cm³/mol. The van der Waals surface area contributed by atoms with Crippen molar-refractivity contribution in [2.45, 2.75) is 6.92 Å². The molecule has 3 rings (SSSR count). The molecule has 1 N–H and O–H groups in total. The number of para-hydroxylation sites is 3. The van der Waals surface area contributed by atoms with Crippen molar-refractivity contribution in [1.29, 1.82) is 0 Å². The van der Waals surface area contributed by atoms with E-state index in [2.05, 4.69) is 10.3 Å². The molecule has 2 amide bonds. The van der Waals surface area contributed by atoms with E-state index in [9.17, 15) is 9.59 Å². The van der Waals surface area contributed by atoms with E-state index in [0.717, 1.165) is 0 Å². The van der Waals surface area contributed by atoms with E-state index in [4.69, 9.17) is 4.74 Å². The van der Waals surface area contributed by atoms with Crippen LogP contribution in [0.1, 0.15) is 17.3 Å². The van der Waals surface area contributed by atoms with Gasteiger partial charge in [-0.3, -0.25) is 14.6 Å². The smallest absolute Gasteiger partial charge is 0.252 e. The number of nitrogens with zero attached hydrogens (tertiary/aromatic N) is 2. The van der Waals surface area contributed by atoms with E-state index in [1.54, 1.807) is 23.2 Å². The molecule has 1 aromatic heterocycles. The Morgan fingerprint density at radius 1 is 1.00 bits per heavy atom. The minimum Gasteiger partial charge on any atom is -0.455 e.